The van der Waals surface area contributed by atoms with Crippen LogP contribution in [0.3, 0.4) is 0 Å². The number of rotatable bonds is 5. The lowest BCUT2D eigenvalue weighted by atomic mass is 10.2. The van der Waals surface area contributed by atoms with Gasteiger partial charge in [-0.15, -0.1) is 10.2 Å². The maximum atomic E-state index is 12.4. The van der Waals surface area contributed by atoms with Crippen LogP contribution in [0.25, 0.3) is 15.5 Å². The Labute approximate surface area is 164 Å². The van der Waals surface area contributed by atoms with E-state index in [1.165, 1.54) is 11.3 Å². The molecule has 136 valence electrons. The quantitative estimate of drug-likeness (QED) is 0.529. The molecule has 6 nitrogen and oxygen atoms in total. The number of nitrogens with one attached hydrogen (secondary N) is 1. The number of anilines is 1. The highest BCUT2D eigenvalue weighted by Gasteiger charge is 2.13. The molecule has 27 heavy (non-hydrogen) atoms. The van der Waals surface area contributed by atoms with Gasteiger partial charge in [-0.2, -0.15) is 9.61 Å². The largest absolute Gasteiger partial charge is 0.322 e. The molecule has 0 aliphatic carbocycles. The third-order valence-corrected chi connectivity index (χ3v) is 5.17. The first-order chi connectivity index (χ1) is 13.1. The molecule has 1 N–H and O–H groups in total. The predicted octanol–water partition coefficient (Wildman–Crippen LogP) is 4.71. The maximum absolute atomic E-state index is 12.4. The van der Waals surface area contributed by atoms with Crippen molar-refractivity contribution in [3.8, 4) is 10.6 Å². The molecule has 0 atom stereocenters. The molecule has 0 spiro atoms. The van der Waals surface area contributed by atoms with Crippen LogP contribution in [-0.4, -0.2) is 25.7 Å². The Hall–Kier alpha value is -2.77. The number of carbonyl (C=O) groups excluding carboxylic acids is 1. The maximum Gasteiger partial charge on any atom is 0.255 e. The summed E-state index contributed by atoms with van der Waals surface area (Å²) in [6.45, 7) is 2.10. The SMILES string of the molecule is CCCc1nnc2sc(-c3cccc(NC(=O)c4cccc(Cl)c4)c3)nn12. The van der Waals surface area contributed by atoms with Gasteiger partial charge in [0, 0.05) is 28.3 Å². The van der Waals surface area contributed by atoms with Crippen LogP contribution < -0.4 is 5.32 Å². The van der Waals surface area contributed by atoms with E-state index >= 15 is 0 Å². The van der Waals surface area contributed by atoms with Gasteiger partial charge in [0.15, 0.2) is 5.82 Å². The second-order valence-corrected chi connectivity index (χ2v) is 7.41. The lowest BCUT2D eigenvalue weighted by Crippen LogP contribution is -2.11. The molecule has 0 radical (unpaired) electrons. The minimum absolute atomic E-state index is 0.210. The summed E-state index contributed by atoms with van der Waals surface area (Å²) in [7, 11) is 0. The fourth-order valence-corrected chi connectivity index (χ4v) is 3.76. The van der Waals surface area contributed by atoms with Crippen molar-refractivity contribution in [3.05, 3.63) is 64.9 Å². The van der Waals surface area contributed by atoms with Gasteiger partial charge in [0.1, 0.15) is 5.01 Å². The highest BCUT2D eigenvalue weighted by atomic mass is 35.5. The molecule has 0 aliphatic heterocycles. The molecular formula is C19H16ClN5OS. The molecule has 0 unspecified atom stereocenters. The van der Waals surface area contributed by atoms with E-state index < -0.39 is 0 Å². The lowest BCUT2D eigenvalue weighted by Gasteiger charge is -2.06. The molecule has 0 saturated carbocycles. The fourth-order valence-electron chi connectivity index (χ4n) is 2.72. The van der Waals surface area contributed by atoms with Crippen LogP contribution in [0.4, 0.5) is 5.69 Å². The summed E-state index contributed by atoms with van der Waals surface area (Å²) in [6, 6.07) is 14.4. The highest BCUT2D eigenvalue weighted by Crippen LogP contribution is 2.28. The molecule has 4 aromatic rings. The summed E-state index contributed by atoms with van der Waals surface area (Å²) in [5.41, 5.74) is 2.12. The van der Waals surface area contributed by atoms with E-state index in [9.17, 15) is 4.79 Å². The number of amides is 1. The van der Waals surface area contributed by atoms with Gasteiger partial charge >= 0.3 is 0 Å². The fraction of sp³-hybridized carbons (Fsp3) is 0.158. The van der Waals surface area contributed by atoms with Crippen molar-refractivity contribution in [1.29, 1.82) is 0 Å². The van der Waals surface area contributed by atoms with E-state index in [1.54, 1.807) is 28.8 Å². The molecule has 1 amide bonds. The normalized spacial score (nSPS) is 11.0. The van der Waals surface area contributed by atoms with Gasteiger partial charge in [-0.3, -0.25) is 4.79 Å². The molecule has 4 rings (SSSR count). The van der Waals surface area contributed by atoms with Gasteiger partial charge in [-0.1, -0.05) is 48.1 Å². The van der Waals surface area contributed by atoms with Crippen molar-refractivity contribution in [1.82, 2.24) is 19.8 Å². The Kier molecular flexibility index (Phi) is 4.87. The van der Waals surface area contributed by atoms with Gasteiger partial charge in [-0.25, -0.2) is 0 Å². The van der Waals surface area contributed by atoms with Crippen LogP contribution in [0.2, 0.25) is 5.02 Å². The predicted molar refractivity (Wildman–Crippen MR) is 107 cm³/mol. The lowest BCUT2D eigenvalue weighted by molar-refractivity contribution is 0.102. The number of aromatic nitrogens is 4. The van der Waals surface area contributed by atoms with Gasteiger partial charge < -0.3 is 5.32 Å². The second kappa shape index (κ2) is 7.46. The number of carbonyl (C=O) groups is 1. The number of fused-ring (bicyclic) bond motifs is 1. The monoisotopic (exact) mass is 397 g/mol. The topological polar surface area (TPSA) is 72.2 Å². The Morgan fingerprint density at radius 1 is 1.19 bits per heavy atom. The van der Waals surface area contributed by atoms with E-state index in [4.69, 9.17) is 11.6 Å². The summed E-state index contributed by atoms with van der Waals surface area (Å²) in [5, 5.41) is 17.2. The van der Waals surface area contributed by atoms with Crippen LogP contribution >= 0.6 is 22.9 Å². The second-order valence-electron chi connectivity index (χ2n) is 6.01. The average molecular weight is 398 g/mol. The number of hydrogen-bond acceptors (Lipinski definition) is 5. The van der Waals surface area contributed by atoms with Crippen LogP contribution in [0.1, 0.15) is 29.5 Å². The summed E-state index contributed by atoms with van der Waals surface area (Å²) in [4.78, 5) is 13.2. The molecule has 0 saturated heterocycles. The Morgan fingerprint density at radius 3 is 2.85 bits per heavy atom. The number of nitrogens with zero attached hydrogens (tertiary/aromatic N) is 4. The van der Waals surface area contributed by atoms with E-state index in [-0.39, 0.29) is 5.91 Å². The zero-order chi connectivity index (χ0) is 18.8. The van der Waals surface area contributed by atoms with Gasteiger partial charge in [0.25, 0.3) is 5.91 Å². The summed E-state index contributed by atoms with van der Waals surface area (Å²) in [6.07, 6.45) is 1.82. The van der Waals surface area contributed by atoms with Crippen LogP contribution in [-0.2, 0) is 6.42 Å². The van der Waals surface area contributed by atoms with Crippen molar-refractivity contribution < 1.29 is 4.79 Å². The average Bonchev–Trinajstić information content (AvgIpc) is 3.24. The van der Waals surface area contributed by atoms with E-state index in [1.807, 2.05) is 24.3 Å². The zero-order valence-corrected chi connectivity index (χ0v) is 16.1. The third kappa shape index (κ3) is 3.70. The zero-order valence-electron chi connectivity index (χ0n) is 14.5. The van der Waals surface area contributed by atoms with Crippen LogP contribution in [0.5, 0.6) is 0 Å². The third-order valence-electron chi connectivity index (χ3n) is 3.98. The van der Waals surface area contributed by atoms with Crippen LogP contribution in [0, 0.1) is 0 Å². The van der Waals surface area contributed by atoms with Gasteiger partial charge in [0.2, 0.25) is 4.96 Å². The van der Waals surface area contributed by atoms with E-state index in [0.29, 0.717) is 16.3 Å². The molecule has 2 aromatic heterocycles. The van der Waals surface area contributed by atoms with E-state index in [2.05, 4.69) is 27.5 Å². The van der Waals surface area contributed by atoms with E-state index in [0.717, 1.165) is 34.2 Å². The Bertz CT molecular complexity index is 1120. The molecule has 0 aliphatic rings. The first kappa shape index (κ1) is 17.6. The standard InChI is InChI=1S/C19H16ClN5OS/c1-2-5-16-22-23-19-25(16)24-18(27-19)13-7-4-9-15(11-13)21-17(26)12-6-3-8-14(20)10-12/h3-4,6-11H,2,5H2,1H3,(H,21,26). The molecule has 2 aromatic carbocycles. The minimum Gasteiger partial charge on any atom is -0.322 e. The number of hydrogen-bond donors (Lipinski definition) is 1. The summed E-state index contributed by atoms with van der Waals surface area (Å²) >= 11 is 7.43. The minimum atomic E-state index is -0.210. The molecule has 8 heteroatoms. The van der Waals surface area contributed by atoms with Crippen molar-refractivity contribution in [2.45, 2.75) is 19.8 Å². The van der Waals surface area contributed by atoms with Crippen molar-refractivity contribution in [2.24, 2.45) is 0 Å². The number of aryl methyl sites for hydroxylation is 1. The summed E-state index contributed by atoms with van der Waals surface area (Å²) in [5.74, 6) is 0.651. The smallest absolute Gasteiger partial charge is 0.255 e. The highest BCUT2D eigenvalue weighted by molar-refractivity contribution is 7.19. The first-order valence-corrected chi connectivity index (χ1v) is 9.72. The molecule has 0 fully saturated rings. The number of benzene rings is 2. The Balaban J connectivity index is 1.60. The molecule has 2 heterocycles. The van der Waals surface area contributed by atoms with Crippen LogP contribution in [0.15, 0.2) is 48.5 Å². The van der Waals surface area contributed by atoms with Gasteiger partial charge in [-0.05, 0) is 36.8 Å². The van der Waals surface area contributed by atoms with Crippen molar-refractivity contribution >= 4 is 39.5 Å². The Morgan fingerprint density at radius 2 is 2.04 bits per heavy atom. The van der Waals surface area contributed by atoms with Crippen molar-refractivity contribution in [3.63, 3.8) is 0 Å². The molecule has 0 bridgehead atoms. The molecular weight excluding hydrogens is 382 g/mol. The van der Waals surface area contributed by atoms with Crippen molar-refractivity contribution in [2.75, 3.05) is 5.32 Å². The first-order valence-electron chi connectivity index (χ1n) is 8.52. The summed E-state index contributed by atoms with van der Waals surface area (Å²) < 4.78 is 1.79. The number of halogens is 1. The van der Waals surface area contributed by atoms with Gasteiger partial charge in [0.05, 0.1) is 0 Å².